The van der Waals surface area contributed by atoms with Gasteiger partial charge >= 0.3 is 6.03 Å². The van der Waals surface area contributed by atoms with Crippen molar-refractivity contribution in [1.29, 1.82) is 0 Å². The summed E-state index contributed by atoms with van der Waals surface area (Å²) in [6.45, 7) is 2.12. The molecular weight excluding hydrogens is 223 g/mol. The van der Waals surface area contributed by atoms with E-state index in [1.165, 1.54) is 12.1 Å². The summed E-state index contributed by atoms with van der Waals surface area (Å²) in [5.74, 6) is -0.301. The molecule has 0 aromatic heterocycles. The number of urea groups is 1. The smallest absolute Gasteiger partial charge is 0.315 e. The molecule has 0 aliphatic heterocycles. The zero-order valence-electron chi connectivity index (χ0n) is 9.74. The van der Waals surface area contributed by atoms with Crippen molar-refractivity contribution in [3.05, 3.63) is 35.6 Å². The number of carbonyl (C=O) groups is 1. The van der Waals surface area contributed by atoms with Crippen LogP contribution in [0.25, 0.3) is 0 Å². The largest absolute Gasteiger partial charge is 0.394 e. The molecule has 4 nitrogen and oxygen atoms in total. The van der Waals surface area contributed by atoms with Crippen LogP contribution in [0.2, 0.25) is 0 Å². The molecule has 17 heavy (non-hydrogen) atoms. The molecule has 0 saturated carbocycles. The van der Waals surface area contributed by atoms with Crippen LogP contribution in [-0.4, -0.2) is 23.8 Å². The molecule has 0 saturated heterocycles. The van der Waals surface area contributed by atoms with Crippen LogP contribution in [-0.2, 0) is 6.54 Å². The summed E-state index contributed by atoms with van der Waals surface area (Å²) in [6.07, 6.45) is 0.667. The topological polar surface area (TPSA) is 61.4 Å². The molecule has 0 aliphatic rings. The summed E-state index contributed by atoms with van der Waals surface area (Å²) in [4.78, 5) is 11.4. The molecule has 0 radical (unpaired) electrons. The quantitative estimate of drug-likeness (QED) is 0.728. The van der Waals surface area contributed by atoms with Crippen LogP contribution in [0.3, 0.4) is 0 Å². The van der Waals surface area contributed by atoms with E-state index >= 15 is 0 Å². The van der Waals surface area contributed by atoms with Crippen molar-refractivity contribution in [3.63, 3.8) is 0 Å². The zero-order chi connectivity index (χ0) is 12.7. The second-order valence-electron chi connectivity index (χ2n) is 3.74. The molecule has 0 spiro atoms. The predicted molar refractivity (Wildman–Crippen MR) is 62.9 cm³/mol. The minimum atomic E-state index is -0.338. The maximum Gasteiger partial charge on any atom is 0.315 e. The van der Waals surface area contributed by atoms with Crippen molar-refractivity contribution in [1.82, 2.24) is 10.6 Å². The van der Waals surface area contributed by atoms with Gasteiger partial charge in [-0.15, -0.1) is 0 Å². The summed E-state index contributed by atoms with van der Waals surface area (Å²) >= 11 is 0. The van der Waals surface area contributed by atoms with Crippen LogP contribution in [0.4, 0.5) is 9.18 Å². The average molecular weight is 240 g/mol. The predicted octanol–water partition coefficient (Wildman–Crippen LogP) is 1.40. The molecule has 94 valence electrons. The molecule has 2 amide bonds. The highest BCUT2D eigenvalue weighted by Crippen LogP contribution is 2.01. The van der Waals surface area contributed by atoms with Crippen LogP contribution >= 0.6 is 0 Å². The molecule has 1 unspecified atom stereocenters. The Labute approximate surface area is 99.8 Å². The van der Waals surface area contributed by atoms with E-state index in [0.717, 1.165) is 5.56 Å². The lowest BCUT2D eigenvalue weighted by molar-refractivity contribution is 0.214. The van der Waals surface area contributed by atoms with Crippen molar-refractivity contribution in [3.8, 4) is 0 Å². The molecule has 0 bridgehead atoms. The van der Waals surface area contributed by atoms with Crippen molar-refractivity contribution < 1.29 is 14.3 Å². The second-order valence-corrected chi connectivity index (χ2v) is 3.74. The van der Waals surface area contributed by atoms with Gasteiger partial charge in [0, 0.05) is 6.54 Å². The minimum absolute atomic E-state index is 0.0829. The molecule has 0 aliphatic carbocycles. The third-order valence-corrected chi connectivity index (χ3v) is 2.41. The van der Waals surface area contributed by atoms with Gasteiger partial charge in [-0.25, -0.2) is 9.18 Å². The number of aliphatic hydroxyl groups excluding tert-OH is 1. The highest BCUT2D eigenvalue weighted by Gasteiger charge is 2.08. The fourth-order valence-corrected chi connectivity index (χ4v) is 1.30. The van der Waals surface area contributed by atoms with Crippen molar-refractivity contribution in [2.24, 2.45) is 0 Å². The van der Waals surface area contributed by atoms with Gasteiger partial charge in [0.1, 0.15) is 5.82 Å². The number of rotatable bonds is 5. The Morgan fingerprint density at radius 1 is 1.41 bits per heavy atom. The third kappa shape index (κ3) is 4.82. The first kappa shape index (κ1) is 13.4. The van der Waals surface area contributed by atoms with Gasteiger partial charge in [-0.05, 0) is 24.1 Å². The summed E-state index contributed by atoms with van der Waals surface area (Å²) in [5.41, 5.74) is 0.818. The first-order valence-corrected chi connectivity index (χ1v) is 5.55. The molecule has 0 heterocycles. The van der Waals surface area contributed by atoms with E-state index in [1.54, 1.807) is 12.1 Å². The van der Waals surface area contributed by atoms with Gasteiger partial charge in [0.25, 0.3) is 0 Å². The molecule has 1 aromatic carbocycles. The van der Waals surface area contributed by atoms with Gasteiger partial charge < -0.3 is 15.7 Å². The summed E-state index contributed by atoms with van der Waals surface area (Å²) < 4.78 is 12.6. The Kier molecular flexibility index (Phi) is 5.42. The molecule has 0 fully saturated rings. The Hall–Kier alpha value is -1.62. The van der Waals surface area contributed by atoms with Gasteiger partial charge in [0.05, 0.1) is 12.6 Å². The lowest BCUT2D eigenvalue weighted by Gasteiger charge is -2.14. The van der Waals surface area contributed by atoms with Gasteiger partial charge in [0.15, 0.2) is 0 Å². The number of carbonyl (C=O) groups excluding carboxylic acids is 1. The standard InChI is InChI=1S/C12H17FN2O2/c1-2-11(8-16)15-12(17)14-7-9-3-5-10(13)6-4-9/h3-6,11,16H,2,7-8H2,1H3,(H2,14,15,17). The lowest BCUT2D eigenvalue weighted by Crippen LogP contribution is -2.43. The number of hydrogen-bond acceptors (Lipinski definition) is 2. The van der Waals surface area contributed by atoms with Crippen LogP contribution in [0.5, 0.6) is 0 Å². The van der Waals surface area contributed by atoms with Gasteiger partial charge in [-0.2, -0.15) is 0 Å². The van der Waals surface area contributed by atoms with E-state index in [-0.39, 0.29) is 24.5 Å². The first-order valence-electron chi connectivity index (χ1n) is 5.55. The SMILES string of the molecule is CCC(CO)NC(=O)NCc1ccc(F)cc1. The van der Waals surface area contributed by atoms with Crippen molar-refractivity contribution in [2.45, 2.75) is 25.9 Å². The number of benzene rings is 1. The molecule has 1 aromatic rings. The number of halogens is 1. The Bertz CT molecular complexity index is 350. The highest BCUT2D eigenvalue weighted by molar-refractivity contribution is 5.74. The minimum Gasteiger partial charge on any atom is -0.394 e. The highest BCUT2D eigenvalue weighted by atomic mass is 19.1. The Morgan fingerprint density at radius 3 is 2.59 bits per heavy atom. The van der Waals surface area contributed by atoms with Crippen molar-refractivity contribution in [2.75, 3.05) is 6.61 Å². The Morgan fingerprint density at radius 2 is 2.06 bits per heavy atom. The maximum absolute atomic E-state index is 12.6. The van der Waals surface area contributed by atoms with E-state index in [4.69, 9.17) is 5.11 Å². The molecule has 3 N–H and O–H groups in total. The van der Waals surface area contributed by atoms with E-state index in [1.807, 2.05) is 6.92 Å². The molecular formula is C12H17FN2O2. The third-order valence-electron chi connectivity index (χ3n) is 2.41. The van der Waals surface area contributed by atoms with Gasteiger partial charge in [0.2, 0.25) is 0 Å². The second kappa shape index (κ2) is 6.85. The number of nitrogens with one attached hydrogen (secondary N) is 2. The molecule has 1 rings (SSSR count). The van der Waals surface area contributed by atoms with Crippen LogP contribution < -0.4 is 10.6 Å². The van der Waals surface area contributed by atoms with Crippen LogP contribution in [0, 0.1) is 5.82 Å². The summed E-state index contributed by atoms with van der Waals surface area (Å²) in [6, 6.07) is 5.34. The number of amides is 2. The normalized spacial score (nSPS) is 11.9. The molecule has 1 atom stereocenters. The summed E-state index contributed by atoms with van der Waals surface area (Å²) in [5, 5.41) is 14.2. The molecule has 5 heteroatoms. The number of aliphatic hydroxyl groups is 1. The van der Waals surface area contributed by atoms with E-state index in [0.29, 0.717) is 13.0 Å². The number of hydrogen-bond donors (Lipinski definition) is 3. The summed E-state index contributed by atoms with van der Waals surface area (Å²) in [7, 11) is 0. The maximum atomic E-state index is 12.6. The van der Waals surface area contributed by atoms with Crippen LogP contribution in [0.15, 0.2) is 24.3 Å². The average Bonchev–Trinajstić information content (AvgIpc) is 2.35. The van der Waals surface area contributed by atoms with E-state index < -0.39 is 0 Å². The van der Waals surface area contributed by atoms with Crippen LogP contribution in [0.1, 0.15) is 18.9 Å². The fraction of sp³-hybridized carbons (Fsp3) is 0.417. The van der Waals surface area contributed by atoms with Gasteiger partial charge in [-0.1, -0.05) is 19.1 Å². The van der Waals surface area contributed by atoms with E-state index in [2.05, 4.69) is 10.6 Å². The Balaban J connectivity index is 2.35. The van der Waals surface area contributed by atoms with Crippen molar-refractivity contribution >= 4 is 6.03 Å². The lowest BCUT2D eigenvalue weighted by atomic mass is 10.2. The van der Waals surface area contributed by atoms with E-state index in [9.17, 15) is 9.18 Å². The monoisotopic (exact) mass is 240 g/mol. The fourth-order valence-electron chi connectivity index (χ4n) is 1.30. The zero-order valence-corrected chi connectivity index (χ0v) is 9.74. The first-order chi connectivity index (χ1) is 8.15. The van der Waals surface area contributed by atoms with Gasteiger partial charge in [-0.3, -0.25) is 0 Å².